The Bertz CT molecular complexity index is 306. The highest BCUT2D eigenvalue weighted by Crippen LogP contribution is 2.51. The van der Waals surface area contributed by atoms with Crippen molar-refractivity contribution in [1.82, 2.24) is 0 Å². The fourth-order valence-electron chi connectivity index (χ4n) is 0.876. The quantitative estimate of drug-likeness (QED) is 0.445. The van der Waals surface area contributed by atoms with Gasteiger partial charge in [0.2, 0.25) is 0 Å². The minimum Gasteiger partial charge on any atom is -0.115 e. The van der Waals surface area contributed by atoms with E-state index in [1.54, 1.807) is 0 Å². The molecule has 0 radical (unpaired) electrons. The van der Waals surface area contributed by atoms with Crippen LogP contribution in [0.5, 0.6) is 0 Å². The van der Waals surface area contributed by atoms with Gasteiger partial charge in [0.05, 0.1) is 24.2 Å². The third kappa shape index (κ3) is 2.16. The van der Waals surface area contributed by atoms with Gasteiger partial charge in [-0.2, -0.15) is 0 Å². The SMILES string of the molecule is CC1(Br)C(Cl)=C(Br)C(Cl)=C(Br)C1Cl. The van der Waals surface area contributed by atoms with Gasteiger partial charge in [-0.15, -0.1) is 11.6 Å². The van der Waals surface area contributed by atoms with Gasteiger partial charge in [-0.05, 0) is 22.9 Å². The molecule has 2 atom stereocenters. The van der Waals surface area contributed by atoms with E-state index in [2.05, 4.69) is 47.8 Å². The average Bonchev–Trinajstić information content (AvgIpc) is 2.09. The lowest BCUT2D eigenvalue weighted by Crippen LogP contribution is -2.33. The monoisotopic (exact) mass is 430 g/mol. The van der Waals surface area contributed by atoms with Crippen molar-refractivity contribution in [3.8, 4) is 0 Å². The van der Waals surface area contributed by atoms with Gasteiger partial charge < -0.3 is 0 Å². The summed E-state index contributed by atoms with van der Waals surface area (Å²) in [5, 5.41) is 0.774. The maximum Gasteiger partial charge on any atom is 0.0866 e. The van der Waals surface area contributed by atoms with Gasteiger partial charge in [-0.3, -0.25) is 0 Å². The summed E-state index contributed by atoms with van der Waals surface area (Å²) in [5.41, 5.74) is 0. The van der Waals surface area contributed by atoms with Crippen molar-refractivity contribution in [2.24, 2.45) is 0 Å². The van der Waals surface area contributed by atoms with Crippen molar-refractivity contribution in [2.75, 3.05) is 0 Å². The molecule has 6 heteroatoms. The van der Waals surface area contributed by atoms with Crippen LogP contribution in [-0.2, 0) is 0 Å². The first-order valence-corrected chi connectivity index (χ1v) is 6.81. The molecular weight excluding hydrogens is 430 g/mol. The molecule has 0 fully saturated rings. The molecule has 1 rings (SSSR count). The lowest BCUT2D eigenvalue weighted by atomic mass is 10.0. The molecule has 0 nitrogen and oxygen atoms in total. The fraction of sp³-hybridized carbons (Fsp3) is 0.429. The Morgan fingerprint density at radius 1 is 1.31 bits per heavy atom. The summed E-state index contributed by atoms with van der Waals surface area (Å²) in [6.45, 7) is 1.89. The lowest BCUT2D eigenvalue weighted by molar-refractivity contribution is 0.798. The van der Waals surface area contributed by atoms with Crippen molar-refractivity contribution in [3.63, 3.8) is 0 Å². The largest absolute Gasteiger partial charge is 0.115 e. The molecule has 0 N–H and O–H groups in total. The van der Waals surface area contributed by atoms with Gasteiger partial charge in [0, 0.05) is 4.48 Å². The second-order valence-corrected chi connectivity index (χ2v) is 7.22. The topological polar surface area (TPSA) is 0 Å². The second kappa shape index (κ2) is 4.34. The Hall–Kier alpha value is 1.79. The first kappa shape index (κ1) is 12.9. The summed E-state index contributed by atoms with van der Waals surface area (Å²) in [7, 11) is 0. The first-order valence-electron chi connectivity index (χ1n) is 3.24. The molecule has 0 aliphatic heterocycles. The van der Waals surface area contributed by atoms with Crippen LogP contribution in [0.1, 0.15) is 6.92 Å². The summed E-state index contributed by atoms with van der Waals surface area (Å²) in [6.07, 6.45) is 0. The zero-order valence-corrected chi connectivity index (χ0v) is 13.4. The average molecular weight is 434 g/mol. The van der Waals surface area contributed by atoms with Gasteiger partial charge in [-0.1, -0.05) is 55.1 Å². The summed E-state index contributed by atoms with van der Waals surface area (Å²) in [6, 6.07) is 0. The highest BCUT2D eigenvalue weighted by molar-refractivity contribution is 9.12. The van der Waals surface area contributed by atoms with Crippen LogP contribution in [-0.4, -0.2) is 9.70 Å². The van der Waals surface area contributed by atoms with Crippen LogP contribution in [0.25, 0.3) is 0 Å². The van der Waals surface area contributed by atoms with Gasteiger partial charge in [-0.25, -0.2) is 0 Å². The molecule has 0 aromatic heterocycles. The van der Waals surface area contributed by atoms with Crippen LogP contribution in [0, 0.1) is 0 Å². The van der Waals surface area contributed by atoms with Crippen molar-refractivity contribution in [2.45, 2.75) is 16.6 Å². The van der Waals surface area contributed by atoms with E-state index >= 15 is 0 Å². The highest BCUT2D eigenvalue weighted by Gasteiger charge is 2.41. The normalized spacial score (nSPS) is 35.8. The van der Waals surface area contributed by atoms with Crippen molar-refractivity contribution in [3.05, 3.63) is 19.0 Å². The van der Waals surface area contributed by atoms with Gasteiger partial charge in [0.15, 0.2) is 0 Å². The molecule has 1 aliphatic rings. The Morgan fingerprint density at radius 2 is 1.77 bits per heavy atom. The number of rotatable bonds is 0. The summed E-state index contributed by atoms with van der Waals surface area (Å²) < 4.78 is 0.900. The van der Waals surface area contributed by atoms with Crippen LogP contribution in [0.2, 0.25) is 0 Å². The van der Waals surface area contributed by atoms with E-state index in [9.17, 15) is 0 Å². The zero-order chi connectivity index (χ0) is 10.4. The first-order chi connectivity index (χ1) is 5.80. The maximum absolute atomic E-state index is 6.14. The molecule has 0 aromatic rings. The van der Waals surface area contributed by atoms with E-state index in [4.69, 9.17) is 34.8 Å². The molecule has 0 heterocycles. The second-order valence-electron chi connectivity index (χ2n) is 2.73. The van der Waals surface area contributed by atoms with E-state index in [1.807, 2.05) is 6.92 Å². The predicted octanol–water partition coefficient (Wildman–Crippen LogP) is 5.45. The molecule has 2 unspecified atom stereocenters. The molecule has 0 saturated heterocycles. The Balaban J connectivity index is 3.32. The summed E-state index contributed by atoms with van der Waals surface area (Å²) in [5.74, 6) is 0. The smallest absolute Gasteiger partial charge is 0.0866 e. The molecule has 0 aromatic carbocycles. The third-order valence-corrected chi connectivity index (χ3v) is 7.29. The van der Waals surface area contributed by atoms with Crippen LogP contribution in [0.4, 0.5) is 0 Å². The number of hydrogen-bond acceptors (Lipinski definition) is 0. The number of alkyl halides is 2. The van der Waals surface area contributed by atoms with E-state index < -0.39 is 4.32 Å². The van der Waals surface area contributed by atoms with Gasteiger partial charge in [0.1, 0.15) is 0 Å². The van der Waals surface area contributed by atoms with Crippen molar-refractivity contribution >= 4 is 82.6 Å². The van der Waals surface area contributed by atoms with E-state index in [0.717, 1.165) is 4.48 Å². The molecule has 0 spiro atoms. The Morgan fingerprint density at radius 3 is 2.23 bits per heavy atom. The van der Waals surface area contributed by atoms with Gasteiger partial charge >= 0.3 is 0 Å². The van der Waals surface area contributed by atoms with Crippen molar-refractivity contribution < 1.29 is 0 Å². The molecule has 0 amide bonds. The summed E-state index contributed by atoms with van der Waals surface area (Å²) in [4.78, 5) is 0. The van der Waals surface area contributed by atoms with Crippen molar-refractivity contribution in [1.29, 1.82) is 0 Å². The molecular formula is C7H4Br3Cl3. The van der Waals surface area contributed by atoms with E-state index in [1.165, 1.54) is 0 Å². The van der Waals surface area contributed by atoms with Crippen LogP contribution in [0.15, 0.2) is 19.0 Å². The number of hydrogen-bond donors (Lipinski definition) is 0. The zero-order valence-electron chi connectivity index (χ0n) is 6.35. The third-order valence-electron chi connectivity index (χ3n) is 1.72. The minimum absolute atomic E-state index is 0.311. The van der Waals surface area contributed by atoms with E-state index in [-0.39, 0.29) is 5.38 Å². The van der Waals surface area contributed by atoms with E-state index in [0.29, 0.717) is 14.5 Å². The Labute approximate surface area is 117 Å². The molecule has 13 heavy (non-hydrogen) atoms. The molecule has 1 aliphatic carbocycles. The standard InChI is InChI=1S/C7H4Br3Cl3/c1-7(10)5(12)2(8)4(11)3(9)6(7)13/h5H,1H3. The van der Waals surface area contributed by atoms with Crippen LogP contribution < -0.4 is 0 Å². The predicted molar refractivity (Wildman–Crippen MR) is 70.6 cm³/mol. The summed E-state index contributed by atoms with van der Waals surface area (Å²) >= 11 is 28.3. The molecule has 0 bridgehead atoms. The van der Waals surface area contributed by atoms with Gasteiger partial charge in [0.25, 0.3) is 0 Å². The highest BCUT2D eigenvalue weighted by atomic mass is 79.9. The molecule has 74 valence electrons. The minimum atomic E-state index is -0.494. The number of halogens is 6. The van der Waals surface area contributed by atoms with Crippen LogP contribution in [0.3, 0.4) is 0 Å². The van der Waals surface area contributed by atoms with Crippen LogP contribution >= 0.6 is 82.6 Å². The Kier molecular flexibility index (Phi) is 4.30. The number of allylic oxidation sites excluding steroid dienone is 4. The molecule has 0 saturated carbocycles. The maximum atomic E-state index is 6.14. The fourth-order valence-corrected chi connectivity index (χ4v) is 4.21. The lowest BCUT2D eigenvalue weighted by Gasteiger charge is -2.32.